The number of carbonyl (C=O) groups is 1. The molecule has 0 aliphatic carbocycles. The van der Waals surface area contributed by atoms with Crippen LogP contribution in [0.1, 0.15) is 16.8 Å². The van der Waals surface area contributed by atoms with Gasteiger partial charge in [0.1, 0.15) is 0 Å². The van der Waals surface area contributed by atoms with E-state index in [2.05, 4.69) is 10.3 Å². The maximum atomic E-state index is 11.7. The van der Waals surface area contributed by atoms with Crippen LogP contribution in [0.15, 0.2) is 47.2 Å². The number of hydrogen-bond donors (Lipinski definition) is 1. The van der Waals surface area contributed by atoms with E-state index in [4.69, 9.17) is 16.1 Å². The van der Waals surface area contributed by atoms with E-state index in [0.717, 1.165) is 13.0 Å². The van der Waals surface area contributed by atoms with Crippen LogP contribution in [-0.2, 0) is 6.54 Å². The van der Waals surface area contributed by atoms with Gasteiger partial charge >= 0.3 is 5.97 Å². The molecule has 0 aliphatic heterocycles. The molecule has 0 saturated carbocycles. The highest BCUT2D eigenvalue weighted by molar-refractivity contribution is 6.30. The molecule has 8 heteroatoms. The standard InChI is InChI=1S/C17H17ClN4O3/c1-21(9-3-11-22-10-2-8-19-22)16-14(17(23)24)15(25-20-16)12-4-6-13(18)7-5-12/h2,4-8,10H,3,9,11H2,1H3,(H,23,24). The van der Waals surface area contributed by atoms with Crippen LogP contribution < -0.4 is 4.90 Å². The third kappa shape index (κ3) is 3.83. The van der Waals surface area contributed by atoms with Crippen molar-refractivity contribution in [3.8, 4) is 11.3 Å². The fraction of sp³-hybridized carbons (Fsp3) is 0.235. The van der Waals surface area contributed by atoms with Gasteiger partial charge in [-0.2, -0.15) is 5.10 Å². The van der Waals surface area contributed by atoms with Crippen LogP contribution in [0.25, 0.3) is 11.3 Å². The average molecular weight is 361 g/mol. The van der Waals surface area contributed by atoms with Crippen LogP contribution >= 0.6 is 11.6 Å². The number of anilines is 1. The second-order valence-corrected chi connectivity index (χ2v) is 6.00. The molecule has 0 amide bonds. The molecule has 25 heavy (non-hydrogen) atoms. The van der Waals surface area contributed by atoms with Crippen LogP contribution in [-0.4, -0.2) is 39.6 Å². The molecule has 0 saturated heterocycles. The molecular weight excluding hydrogens is 344 g/mol. The van der Waals surface area contributed by atoms with Crippen molar-refractivity contribution in [2.75, 3.05) is 18.5 Å². The maximum absolute atomic E-state index is 11.7. The van der Waals surface area contributed by atoms with Crippen molar-refractivity contribution in [3.63, 3.8) is 0 Å². The lowest BCUT2D eigenvalue weighted by Crippen LogP contribution is -2.22. The van der Waals surface area contributed by atoms with Gasteiger partial charge in [-0.05, 0) is 36.8 Å². The summed E-state index contributed by atoms with van der Waals surface area (Å²) in [4.78, 5) is 13.5. The quantitative estimate of drug-likeness (QED) is 0.695. The minimum absolute atomic E-state index is 0.0453. The van der Waals surface area contributed by atoms with Crippen molar-refractivity contribution in [1.29, 1.82) is 0 Å². The zero-order valence-corrected chi connectivity index (χ0v) is 14.3. The van der Waals surface area contributed by atoms with E-state index < -0.39 is 5.97 Å². The van der Waals surface area contributed by atoms with Gasteiger partial charge in [0.15, 0.2) is 17.1 Å². The van der Waals surface area contributed by atoms with E-state index >= 15 is 0 Å². The average Bonchev–Trinajstić information content (AvgIpc) is 3.24. The summed E-state index contributed by atoms with van der Waals surface area (Å²) in [6.45, 7) is 1.36. The first-order valence-electron chi connectivity index (χ1n) is 7.73. The molecule has 0 atom stereocenters. The summed E-state index contributed by atoms with van der Waals surface area (Å²) in [6.07, 6.45) is 4.40. The molecule has 7 nitrogen and oxygen atoms in total. The Hall–Kier alpha value is -2.80. The van der Waals surface area contributed by atoms with Gasteiger partial charge in [-0.15, -0.1) is 0 Å². The minimum atomic E-state index is -1.08. The number of benzene rings is 1. The molecule has 0 spiro atoms. The largest absolute Gasteiger partial charge is 0.477 e. The molecule has 3 aromatic rings. The zero-order chi connectivity index (χ0) is 17.8. The van der Waals surface area contributed by atoms with Gasteiger partial charge in [0, 0.05) is 43.1 Å². The van der Waals surface area contributed by atoms with Gasteiger partial charge in [-0.1, -0.05) is 16.8 Å². The number of aryl methyl sites for hydroxylation is 1. The van der Waals surface area contributed by atoms with E-state index in [1.165, 1.54) is 0 Å². The number of aromatic nitrogens is 3. The van der Waals surface area contributed by atoms with Gasteiger partial charge in [-0.25, -0.2) is 4.79 Å². The fourth-order valence-electron chi connectivity index (χ4n) is 2.54. The van der Waals surface area contributed by atoms with Crippen LogP contribution in [0.4, 0.5) is 5.82 Å². The summed E-state index contributed by atoms with van der Waals surface area (Å²) in [7, 11) is 1.79. The molecule has 0 radical (unpaired) electrons. The Morgan fingerprint density at radius 1 is 1.36 bits per heavy atom. The van der Waals surface area contributed by atoms with Crippen LogP contribution in [0, 0.1) is 0 Å². The molecule has 2 aromatic heterocycles. The first-order valence-corrected chi connectivity index (χ1v) is 8.11. The number of rotatable bonds is 7. The van der Waals surface area contributed by atoms with Gasteiger partial charge in [-0.3, -0.25) is 4.68 Å². The van der Waals surface area contributed by atoms with Crippen molar-refractivity contribution in [1.82, 2.24) is 14.9 Å². The zero-order valence-electron chi connectivity index (χ0n) is 13.6. The molecule has 0 fully saturated rings. The summed E-state index contributed by atoms with van der Waals surface area (Å²) in [5.74, 6) is -0.559. The SMILES string of the molecule is CN(CCCn1cccn1)c1noc(-c2ccc(Cl)cc2)c1C(=O)O. The monoisotopic (exact) mass is 360 g/mol. The number of nitrogens with zero attached hydrogens (tertiary/aromatic N) is 4. The smallest absolute Gasteiger partial charge is 0.343 e. The molecule has 1 aromatic carbocycles. The maximum Gasteiger partial charge on any atom is 0.343 e. The second kappa shape index (κ2) is 7.40. The lowest BCUT2D eigenvalue weighted by atomic mass is 10.1. The molecule has 0 bridgehead atoms. The van der Waals surface area contributed by atoms with E-state index in [-0.39, 0.29) is 11.3 Å². The van der Waals surface area contributed by atoms with Crippen LogP contribution in [0.3, 0.4) is 0 Å². The van der Waals surface area contributed by atoms with Crippen molar-refractivity contribution in [2.45, 2.75) is 13.0 Å². The first-order chi connectivity index (χ1) is 12.1. The first kappa shape index (κ1) is 17.0. The van der Waals surface area contributed by atoms with E-state index in [1.807, 2.05) is 16.9 Å². The second-order valence-electron chi connectivity index (χ2n) is 5.57. The number of hydrogen-bond acceptors (Lipinski definition) is 5. The van der Waals surface area contributed by atoms with Gasteiger partial charge in [0.2, 0.25) is 0 Å². The molecule has 3 rings (SSSR count). The summed E-state index contributed by atoms with van der Waals surface area (Å²) in [6, 6.07) is 8.63. The topological polar surface area (TPSA) is 84.4 Å². The Bertz CT molecular complexity index is 843. The highest BCUT2D eigenvalue weighted by Gasteiger charge is 2.26. The van der Waals surface area contributed by atoms with Crippen molar-refractivity contribution in [2.24, 2.45) is 0 Å². The highest BCUT2D eigenvalue weighted by Crippen LogP contribution is 2.31. The molecule has 2 heterocycles. The Kier molecular flexibility index (Phi) is 5.04. The third-order valence-electron chi connectivity index (χ3n) is 3.80. The Labute approximate surface area is 149 Å². The summed E-state index contributed by atoms with van der Waals surface area (Å²) < 4.78 is 7.15. The fourth-order valence-corrected chi connectivity index (χ4v) is 2.67. The third-order valence-corrected chi connectivity index (χ3v) is 4.05. The number of halogens is 1. The minimum Gasteiger partial charge on any atom is -0.477 e. The van der Waals surface area contributed by atoms with Gasteiger partial charge in [0.25, 0.3) is 0 Å². The summed E-state index contributed by atoms with van der Waals surface area (Å²) in [5.41, 5.74) is 0.661. The Balaban J connectivity index is 1.78. The molecule has 130 valence electrons. The number of carboxylic acid groups (broad SMARTS) is 1. The van der Waals surface area contributed by atoms with Gasteiger partial charge < -0.3 is 14.5 Å². The van der Waals surface area contributed by atoms with E-state index in [1.54, 1.807) is 42.4 Å². The van der Waals surface area contributed by atoms with Crippen molar-refractivity contribution < 1.29 is 14.4 Å². The number of aromatic carboxylic acids is 1. The van der Waals surface area contributed by atoms with E-state index in [0.29, 0.717) is 22.9 Å². The Morgan fingerprint density at radius 3 is 2.76 bits per heavy atom. The molecule has 1 N–H and O–H groups in total. The molecule has 0 aliphatic rings. The predicted molar refractivity (Wildman–Crippen MR) is 94.0 cm³/mol. The van der Waals surface area contributed by atoms with E-state index in [9.17, 15) is 9.90 Å². The molecule has 0 unspecified atom stereocenters. The lowest BCUT2D eigenvalue weighted by Gasteiger charge is -2.16. The summed E-state index contributed by atoms with van der Waals surface area (Å²) >= 11 is 5.88. The Morgan fingerprint density at radius 2 is 2.12 bits per heavy atom. The van der Waals surface area contributed by atoms with Crippen LogP contribution in [0.5, 0.6) is 0 Å². The lowest BCUT2D eigenvalue weighted by molar-refractivity contribution is 0.0698. The number of carboxylic acids is 1. The normalized spacial score (nSPS) is 10.8. The predicted octanol–water partition coefficient (Wildman–Crippen LogP) is 3.42. The molecular formula is C17H17ClN4O3. The van der Waals surface area contributed by atoms with Crippen LogP contribution in [0.2, 0.25) is 5.02 Å². The summed E-state index contributed by atoms with van der Waals surface area (Å²) in [5, 5.41) is 18.3. The van der Waals surface area contributed by atoms with Crippen molar-refractivity contribution in [3.05, 3.63) is 53.3 Å². The highest BCUT2D eigenvalue weighted by atomic mass is 35.5. The van der Waals surface area contributed by atoms with Gasteiger partial charge in [0.05, 0.1) is 0 Å². The van der Waals surface area contributed by atoms with Crippen molar-refractivity contribution >= 4 is 23.4 Å².